The topological polar surface area (TPSA) is 43.1 Å². The summed E-state index contributed by atoms with van der Waals surface area (Å²) in [4.78, 5) is 11.1. The van der Waals surface area contributed by atoms with Crippen LogP contribution in [0, 0.1) is 11.2 Å². The van der Waals surface area contributed by atoms with Crippen molar-refractivity contribution >= 4 is 5.91 Å². The third kappa shape index (κ3) is 1.50. The highest BCUT2D eigenvalue weighted by Crippen LogP contribution is 2.48. The molecule has 3 heteroatoms. The van der Waals surface area contributed by atoms with Crippen LogP contribution in [0.15, 0.2) is 24.3 Å². The van der Waals surface area contributed by atoms with Crippen molar-refractivity contribution in [3.05, 3.63) is 35.6 Å². The van der Waals surface area contributed by atoms with Gasteiger partial charge in [0.1, 0.15) is 5.82 Å². The molecule has 0 bridgehead atoms. The van der Waals surface area contributed by atoms with Crippen LogP contribution in [-0.2, 0) is 11.2 Å². The number of hydrogen-bond acceptors (Lipinski definition) is 1. The van der Waals surface area contributed by atoms with Crippen molar-refractivity contribution in [2.24, 2.45) is 11.1 Å². The molecule has 14 heavy (non-hydrogen) atoms. The molecule has 1 aromatic carbocycles. The van der Waals surface area contributed by atoms with E-state index in [1.165, 1.54) is 6.07 Å². The average Bonchev–Trinajstić information content (AvgIpc) is 2.90. The molecule has 1 aliphatic rings. The minimum absolute atomic E-state index is 0.250. The first-order valence-corrected chi connectivity index (χ1v) is 4.67. The molecule has 0 spiro atoms. The Hall–Kier alpha value is -1.38. The van der Waals surface area contributed by atoms with E-state index in [9.17, 15) is 9.18 Å². The number of primary amides is 1. The van der Waals surface area contributed by atoms with Gasteiger partial charge in [-0.05, 0) is 30.9 Å². The molecule has 0 unspecified atom stereocenters. The minimum Gasteiger partial charge on any atom is -0.369 e. The van der Waals surface area contributed by atoms with Crippen LogP contribution < -0.4 is 5.73 Å². The summed E-state index contributed by atoms with van der Waals surface area (Å²) in [6.07, 6.45) is 2.02. The predicted molar refractivity (Wildman–Crippen MR) is 51.0 cm³/mol. The van der Waals surface area contributed by atoms with E-state index in [1.807, 2.05) is 0 Å². The highest BCUT2D eigenvalue weighted by atomic mass is 19.1. The Kier molecular flexibility index (Phi) is 2.02. The molecule has 1 aliphatic carbocycles. The van der Waals surface area contributed by atoms with E-state index in [2.05, 4.69) is 0 Å². The molecule has 1 amide bonds. The molecule has 0 atom stereocenters. The highest BCUT2D eigenvalue weighted by Gasteiger charge is 2.48. The molecule has 2 nitrogen and oxygen atoms in total. The summed E-state index contributed by atoms with van der Waals surface area (Å²) in [5.41, 5.74) is 5.40. The summed E-state index contributed by atoms with van der Waals surface area (Å²) in [5.74, 6) is -0.555. The molecule has 1 fully saturated rings. The Bertz CT molecular complexity index is 371. The number of carbonyl (C=O) groups is 1. The van der Waals surface area contributed by atoms with Crippen molar-refractivity contribution < 1.29 is 9.18 Å². The maximum absolute atomic E-state index is 13.3. The van der Waals surface area contributed by atoms with Gasteiger partial charge >= 0.3 is 0 Å². The lowest BCUT2D eigenvalue weighted by Crippen LogP contribution is -2.26. The third-order valence-corrected chi connectivity index (χ3v) is 2.86. The Labute approximate surface area is 81.9 Å². The molecule has 2 rings (SSSR count). The van der Waals surface area contributed by atoms with E-state index >= 15 is 0 Å². The second kappa shape index (κ2) is 3.08. The monoisotopic (exact) mass is 193 g/mol. The van der Waals surface area contributed by atoms with Gasteiger partial charge in [-0.3, -0.25) is 4.79 Å². The molecule has 74 valence electrons. The third-order valence-electron chi connectivity index (χ3n) is 2.86. The van der Waals surface area contributed by atoms with Gasteiger partial charge in [0, 0.05) is 0 Å². The number of rotatable bonds is 3. The standard InChI is InChI=1S/C11H12FNO/c12-9-4-2-1-3-8(9)7-11(5-6-11)10(13)14/h1-4H,5-7H2,(H2,13,14). The number of benzene rings is 1. The Morgan fingerprint density at radius 1 is 1.43 bits per heavy atom. The lowest BCUT2D eigenvalue weighted by molar-refractivity contribution is -0.123. The van der Waals surface area contributed by atoms with Crippen LogP contribution in [0.25, 0.3) is 0 Å². The summed E-state index contributed by atoms with van der Waals surface area (Å²) >= 11 is 0. The van der Waals surface area contributed by atoms with Gasteiger partial charge in [0.05, 0.1) is 5.41 Å². The molecule has 1 aromatic rings. The molecule has 0 aliphatic heterocycles. The lowest BCUT2D eigenvalue weighted by atomic mass is 9.95. The van der Waals surface area contributed by atoms with Gasteiger partial charge in [0.2, 0.25) is 5.91 Å². The second-order valence-electron chi connectivity index (χ2n) is 3.91. The quantitative estimate of drug-likeness (QED) is 0.779. The zero-order valence-corrected chi connectivity index (χ0v) is 7.79. The molecule has 2 N–H and O–H groups in total. The number of amides is 1. The fraction of sp³-hybridized carbons (Fsp3) is 0.364. The van der Waals surface area contributed by atoms with Crippen LogP contribution in [0.2, 0.25) is 0 Å². The van der Waals surface area contributed by atoms with E-state index in [1.54, 1.807) is 18.2 Å². The van der Waals surface area contributed by atoms with E-state index in [0.29, 0.717) is 12.0 Å². The summed E-state index contributed by atoms with van der Waals surface area (Å²) in [5, 5.41) is 0. The minimum atomic E-state index is -0.456. The van der Waals surface area contributed by atoms with E-state index < -0.39 is 5.41 Å². The maximum Gasteiger partial charge on any atom is 0.223 e. The van der Waals surface area contributed by atoms with Gasteiger partial charge in [-0.25, -0.2) is 4.39 Å². The average molecular weight is 193 g/mol. The van der Waals surface area contributed by atoms with Crippen molar-refractivity contribution in [2.45, 2.75) is 19.3 Å². The van der Waals surface area contributed by atoms with Gasteiger partial charge < -0.3 is 5.73 Å². The van der Waals surface area contributed by atoms with Crippen molar-refractivity contribution in [1.82, 2.24) is 0 Å². The summed E-state index contributed by atoms with van der Waals surface area (Å²) in [7, 11) is 0. The van der Waals surface area contributed by atoms with Gasteiger partial charge in [0.25, 0.3) is 0 Å². The second-order valence-corrected chi connectivity index (χ2v) is 3.91. The van der Waals surface area contributed by atoms with Crippen molar-refractivity contribution in [1.29, 1.82) is 0 Å². The Morgan fingerprint density at radius 3 is 2.57 bits per heavy atom. The zero-order chi connectivity index (χ0) is 10.2. The first-order chi connectivity index (χ1) is 6.64. The number of carbonyl (C=O) groups excluding carboxylic acids is 1. The first kappa shape index (κ1) is 9.19. The Balaban J connectivity index is 2.19. The molecular weight excluding hydrogens is 181 g/mol. The smallest absolute Gasteiger partial charge is 0.223 e. The number of nitrogens with two attached hydrogens (primary N) is 1. The van der Waals surface area contributed by atoms with Crippen LogP contribution >= 0.6 is 0 Å². The number of halogens is 1. The van der Waals surface area contributed by atoms with Gasteiger partial charge in [0.15, 0.2) is 0 Å². The van der Waals surface area contributed by atoms with Crippen molar-refractivity contribution in [3.8, 4) is 0 Å². The van der Waals surface area contributed by atoms with Gasteiger partial charge in [-0.15, -0.1) is 0 Å². The van der Waals surface area contributed by atoms with Crippen LogP contribution in [0.3, 0.4) is 0 Å². The molecule has 0 aromatic heterocycles. The van der Waals surface area contributed by atoms with Crippen LogP contribution in [0.1, 0.15) is 18.4 Å². The molecule has 0 saturated heterocycles. The summed E-state index contributed by atoms with van der Waals surface area (Å²) in [6.45, 7) is 0. The fourth-order valence-corrected chi connectivity index (χ4v) is 1.67. The van der Waals surface area contributed by atoms with Crippen LogP contribution in [0.5, 0.6) is 0 Å². The normalized spacial score (nSPS) is 17.8. The first-order valence-electron chi connectivity index (χ1n) is 4.67. The molecule has 1 saturated carbocycles. The molecule has 0 radical (unpaired) electrons. The lowest BCUT2D eigenvalue weighted by Gasteiger charge is -2.10. The van der Waals surface area contributed by atoms with E-state index in [4.69, 9.17) is 5.73 Å². The summed E-state index contributed by atoms with van der Waals surface area (Å²) in [6, 6.07) is 6.53. The van der Waals surface area contributed by atoms with Crippen molar-refractivity contribution in [2.75, 3.05) is 0 Å². The van der Waals surface area contributed by atoms with Crippen LogP contribution in [-0.4, -0.2) is 5.91 Å². The highest BCUT2D eigenvalue weighted by molar-refractivity contribution is 5.83. The zero-order valence-electron chi connectivity index (χ0n) is 7.79. The van der Waals surface area contributed by atoms with Crippen molar-refractivity contribution in [3.63, 3.8) is 0 Å². The maximum atomic E-state index is 13.3. The van der Waals surface area contributed by atoms with Gasteiger partial charge in [-0.2, -0.15) is 0 Å². The number of hydrogen-bond donors (Lipinski definition) is 1. The largest absolute Gasteiger partial charge is 0.369 e. The van der Waals surface area contributed by atoms with E-state index in [0.717, 1.165) is 12.8 Å². The fourth-order valence-electron chi connectivity index (χ4n) is 1.67. The SMILES string of the molecule is NC(=O)C1(Cc2ccccc2F)CC1. The van der Waals surface area contributed by atoms with E-state index in [-0.39, 0.29) is 11.7 Å². The summed E-state index contributed by atoms with van der Waals surface area (Å²) < 4.78 is 13.3. The molecular formula is C11H12FNO. The van der Waals surface area contributed by atoms with Crippen LogP contribution in [0.4, 0.5) is 4.39 Å². The molecule has 0 heterocycles. The van der Waals surface area contributed by atoms with Gasteiger partial charge in [-0.1, -0.05) is 18.2 Å². The predicted octanol–water partition coefficient (Wildman–Crippen LogP) is 1.63. The Morgan fingerprint density at radius 2 is 2.07 bits per heavy atom.